The van der Waals surface area contributed by atoms with Gasteiger partial charge < -0.3 is 9.40 Å². The Hall–Kier alpha value is -3.20. The highest BCUT2D eigenvalue weighted by Gasteiger charge is 2.18. The maximum atomic E-state index is 10.7. The van der Waals surface area contributed by atoms with Gasteiger partial charge in [-0.1, -0.05) is 23.9 Å². The van der Waals surface area contributed by atoms with Crippen LogP contribution in [0, 0.1) is 10.1 Å². The number of para-hydroxylation sites is 2. The molecule has 0 spiro atoms. The number of aromatic nitrogens is 4. The van der Waals surface area contributed by atoms with Crippen LogP contribution in [0.15, 0.2) is 58.1 Å². The van der Waals surface area contributed by atoms with Gasteiger partial charge in [-0.2, -0.15) is 0 Å². The molecule has 0 bridgehead atoms. The Balaban J connectivity index is 1.52. The summed E-state index contributed by atoms with van der Waals surface area (Å²) in [5.74, 6) is 0.788. The largest absolute Gasteiger partial charge is 0.419 e. The second kappa shape index (κ2) is 6.60. The third-order valence-corrected chi connectivity index (χ3v) is 4.74. The van der Waals surface area contributed by atoms with Crippen LogP contribution in [-0.4, -0.2) is 25.1 Å². The maximum Gasteiger partial charge on any atom is 0.269 e. The first kappa shape index (κ1) is 16.3. The lowest BCUT2D eigenvalue weighted by Crippen LogP contribution is -1.89. The van der Waals surface area contributed by atoms with E-state index >= 15 is 0 Å². The summed E-state index contributed by atoms with van der Waals surface area (Å²) in [4.78, 5) is 18.0. The highest BCUT2D eigenvalue weighted by molar-refractivity contribution is 7.99. The number of imidazole rings is 1. The third-order valence-electron chi connectivity index (χ3n) is 3.77. The Morgan fingerprint density at radius 2 is 1.92 bits per heavy atom. The summed E-state index contributed by atoms with van der Waals surface area (Å²) in [7, 11) is 0. The van der Waals surface area contributed by atoms with Crippen molar-refractivity contribution in [1.82, 2.24) is 20.2 Å². The molecule has 2 aromatic heterocycles. The van der Waals surface area contributed by atoms with E-state index in [1.165, 1.54) is 23.9 Å². The monoisotopic (exact) mass is 367 g/mol. The van der Waals surface area contributed by atoms with Gasteiger partial charge in [0.25, 0.3) is 5.69 Å². The fraction of sp³-hybridized carbons (Fsp3) is 0.118. The van der Waals surface area contributed by atoms with E-state index < -0.39 is 4.92 Å². The van der Waals surface area contributed by atoms with Crippen molar-refractivity contribution in [3.8, 4) is 11.5 Å². The molecule has 8 nitrogen and oxygen atoms in total. The van der Waals surface area contributed by atoms with E-state index in [9.17, 15) is 10.1 Å². The fourth-order valence-corrected chi connectivity index (χ4v) is 3.30. The summed E-state index contributed by atoms with van der Waals surface area (Å²) in [6.45, 7) is 1.95. The number of nitro benzene ring substituents is 1. The summed E-state index contributed by atoms with van der Waals surface area (Å²) in [5.41, 5.74) is 2.52. The van der Waals surface area contributed by atoms with Gasteiger partial charge in [0.15, 0.2) is 5.16 Å². The Kier molecular flexibility index (Phi) is 4.13. The molecule has 0 radical (unpaired) electrons. The molecule has 4 rings (SSSR count). The molecule has 0 fully saturated rings. The van der Waals surface area contributed by atoms with Gasteiger partial charge in [-0.05, 0) is 31.2 Å². The minimum atomic E-state index is -0.449. The fourth-order valence-electron chi connectivity index (χ4n) is 2.44. The SMILES string of the molecule is CC(Sc1nc2ccccc2[nH]1)c1nnc(-c2ccc([N+](=O)[O-])cc2)o1. The Bertz CT molecular complexity index is 1040. The second-order valence-corrected chi connectivity index (χ2v) is 6.90. The highest BCUT2D eigenvalue weighted by atomic mass is 32.2. The molecule has 0 aliphatic carbocycles. The van der Waals surface area contributed by atoms with Gasteiger partial charge >= 0.3 is 0 Å². The van der Waals surface area contributed by atoms with Crippen molar-refractivity contribution in [2.75, 3.05) is 0 Å². The van der Waals surface area contributed by atoms with E-state index in [-0.39, 0.29) is 10.9 Å². The number of rotatable bonds is 5. The quantitative estimate of drug-likeness (QED) is 0.316. The van der Waals surface area contributed by atoms with Crippen LogP contribution >= 0.6 is 11.8 Å². The molecular weight excluding hydrogens is 354 g/mol. The Morgan fingerprint density at radius 1 is 1.15 bits per heavy atom. The van der Waals surface area contributed by atoms with Crippen LogP contribution in [0.3, 0.4) is 0 Å². The summed E-state index contributed by atoms with van der Waals surface area (Å²) in [5, 5.41) is 19.5. The van der Waals surface area contributed by atoms with Gasteiger partial charge in [0.05, 0.1) is 21.2 Å². The zero-order valence-electron chi connectivity index (χ0n) is 13.6. The molecule has 130 valence electrons. The molecule has 4 aromatic rings. The maximum absolute atomic E-state index is 10.7. The van der Waals surface area contributed by atoms with Crippen LogP contribution in [0.2, 0.25) is 0 Å². The molecule has 1 N–H and O–H groups in total. The van der Waals surface area contributed by atoms with Crippen molar-refractivity contribution in [3.63, 3.8) is 0 Å². The van der Waals surface area contributed by atoms with Gasteiger partial charge in [0.1, 0.15) is 0 Å². The lowest BCUT2D eigenvalue weighted by atomic mass is 10.2. The van der Waals surface area contributed by atoms with E-state index in [0.29, 0.717) is 17.3 Å². The van der Waals surface area contributed by atoms with Crippen LogP contribution in [-0.2, 0) is 0 Å². The van der Waals surface area contributed by atoms with E-state index in [0.717, 1.165) is 16.2 Å². The zero-order valence-corrected chi connectivity index (χ0v) is 14.4. The first-order valence-corrected chi connectivity index (χ1v) is 8.68. The van der Waals surface area contributed by atoms with E-state index in [1.54, 1.807) is 12.1 Å². The van der Waals surface area contributed by atoms with E-state index in [2.05, 4.69) is 20.2 Å². The smallest absolute Gasteiger partial charge is 0.269 e. The number of non-ortho nitro benzene ring substituents is 1. The van der Waals surface area contributed by atoms with Gasteiger partial charge in [-0.25, -0.2) is 4.98 Å². The summed E-state index contributed by atoms with van der Waals surface area (Å²) in [6, 6.07) is 13.8. The number of aromatic amines is 1. The summed E-state index contributed by atoms with van der Waals surface area (Å²) < 4.78 is 5.72. The van der Waals surface area contributed by atoms with Gasteiger partial charge in [-0.15, -0.1) is 10.2 Å². The molecule has 2 heterocycles. The molecule has 0 aliphatic heterocycles. The topological polar surface area (TPSA) is 111 Å². The van der Waals surface area contributed by atoms with Crippen LogP contribution in [0.25, 0.3) is 22.5 Å². The van der Waals surface area contributed by atoms with Crippen molar-refractivity contribution in [3.05, 3.63) is 64.5 Å². The zero-order chi connectivity index (χ0) is 18.1. The first-order valence-electron chi connectivity index (χ1n) is 7.80. The van der Waals surface area contributed by atoms with Crippen molar-refractivity contribution in [1.29, 1.82) is 0 Å². The van der Waals surface area contributed by atoms with Crippen LogP contribution in [0.1, 0.15) is 18.1 Å². The molecule has 9 heteroatoms. The van der Waals surface area contributed by atoms with Gasteiger partial charge in [0, 0.05) is 17.7 Å². The molecule has 0 saturated heterocycles. The average Bonchev–Trinajstić information content (AvgIpc) is 3.28. The van der Waals surface area contributed by atoms with Crippen LogP contribution in [0.5, 0.6) is 0 Å². The second-order valence-electron chi connectivity index (χ2n) is 5.57. The standard InChI is InChI=1S/C17H13N5O3S/c1-10(26-17-18-13-4-2-3-5-14(13)19-17)15-20-21-16(25-15)11-6-8-12(9-7-11)22(23)24/h2-10H,1H3,(H,18,19). The number of benzene rings is 2. The van der Waals surface area contributed by atoms with Crippen molar-refractivity contribution in [2.45, 2.75) is 17.3 Å². The van der Waals surface area contributed by atoms with Crippen LogP contribution < -0.4 is 0 Å². The van der Waals surface area contributed by atoms with Crippen molar-refractivity contribution in [2.24, 2.45) is 0 Å². The minimum Gasteiger partial charge on any atom is -0.419 e. The molecular formula is C17H13N5O3S. The molecule has 2 aromatic carbocycles. The molecule has 1 unspecified atom stereocenters. The number of hydrogen-bond acceptors (Lipinski definition) is 7. The predicted molar refractivity (Wildman–Crippen MR) is 96.8 cm³/mol. The number of H-pyrrole nitrogens is 1. The minimum absolute atomic E-state index is 0.0160. The predicted octanol–water partition coefficient (Wildman–Crippen LogP) is 4.37. The number of nitro groups is 1. The summed E-state index contributed by atoms with van der Waals surface area (Å²) >= 11 is 1.49. The summed E-state index contributed by atoms with van der Waals surface area (Å²) in [6.07, 6.45) is 0. The third kappa shape index (κ3) is 3.16. The molecule has 26 heavy (non-hydrogen) atoms. The molecule has 0 aliphatic rings. The molecule has 1 atom stereocenters. The first-order chi connectivity index (χ1) is 12.6. The highest BCUT2D eigenvalue weighted by Crippen LogP contribution is 2.34. The lowest BCUT2D eigenvalue weighted by Gasteiger charge is -2.03. The number of fused-ring (bicyclic) bond motifs is 1. The Morgan fingerprint density at radius 3 is 2.65 bits per heavy atom. The number of nitrogens with one attached hydrogen (secondary N) is 1. The van der Waals surface area contributed by atoms with Gasteiger partial charge in [-0.3, -0.25) is 10.1 Å². The van der Waals surface area contributed by atoms with Crippen molar-refractivity contribution >= 4 is 28.5 Å². The van der Waals surface area contributed by atoms with Gasteiger partial charge in [0.2, 0.25) is 11.8 Å². The number of thioether (sulfide) groups is 1. The van der Waals surface area contributed by atoms with Crippen molar-refractivity contribution < 1.29 is 9.34 Å². The molecule has 0 saturated carbocycles. The molecule has 0 amide bonds. The number of nitrogens with zero attached hydrogens (tertiary/aromatic N) is 4. The normalized spacial score (nSPS) is 12.3. The Labute approximate surface area is 151 Å². The van der Waals surface area contributed by atoms with Crippen LogP contribution in [0.4, 0.5) is 5.69 Å². The lowest BCUT2D eigenvalue weighted by molar-refractivity contribution is -0.384. The average molecular weight is 367 g/mol. The number of hydrogen-bond donors (Lipinski definition) is 1. The van der Waals surface area contributed by atoms with E-state index in [1.807, 2.05) is 31.2 Å². The van der Waals surface area contributed by atoms with E-state index in [4.69, 9.17) is 4.42 Å².